The maximum absolute atomic E-state index is 11.4. The average Bonchev–Trinajstić information content (AvgIpc) is 2.60. The van der Waals surface area contributed by atoms with Crippen LogP contribution in [0, 0.1) is 0 Å². The Morgan fingerprint density at radius 2 is 1.92 bits per heavy atom. The summed E-state index contributed by atoms with van der Waals surface area (Å²) < 4.78 is 10.9. The highest BCUT2D eigenvalue weighted by Crippen LogP contribution is 2.32. The molecule has 0 aliphatic carbocycles. The van der Waals surface area contributed by atoms with E-state index in [4.69, 9.17) is 14.6 Å². The number of nitrogens with one attached hydrogen (secondary N) is 1. The molecule has 0 bridgehead atoms. The van der Waals surface area contributed by atoms with E-state index in [0.717, 1.165) is 0 Å². The molecule has 0 aliphatic rings. The molecule has 0 fully saturated rings. The Morgan fingerprint density at radius 1 is 1.21 bits per heavy atom. The lowest BCUT2D eigenvalue weighted by atomic mass is 10.1. The highest BCUT2D eigenvalue weighted by Gasteiger charge is 2.14. The molecule has 0 spiro atoms. The number of para-hydroxylation sites is 2. The minimum atomic E-state index is -1.14. The van der Waals surface area contributed by atoms with Gasteiger partial charge in [0.15, 0.2) is 11.5 Å². The van der Waals surface area contributed by atoms with Gasteiger partial charge >= 0.3 is 5.97 Å². The van der Waals surface area contributed by atoms with Crippen LogP contribution in [-0.4, -0.2) is 47.7 Å². The number of hydrogen-bond acceptors (Lipinski definition) is 6. The summed E-state index contributed by atoms with van der Waals surface area (Å²) in [5.41, 5.74) is 0.315. The van der Waals surface area contributed by atoms with Gasteiger partial charge in [-0.05, 0) is 30.3 Å². The first-order chi connectivity index (χ1) is 11.5. The monoisotopic (exact) mass is 333 g/mol. The molecular formula is C17H19NO6. The largest absolute Gasteiger partial charge is 0.493 e. The van der Waals surface area contributed by atoms with Gasteiger partial charge in [0.1, 0.15) is 5.75 Å². The Labute approximate surface area is 139 Å². The summed E-state index contributed by atoms with van der Waals surface area (Å²) in [5.74, 6) is 0.196. The second kappa shape index (κ2) is 8.19. The third kappa shape index (κ3) is 4.37. The first-order valence-electron chi connectivity index (χ1n) is 7.26. The number of benzene rings is 2. The highest BCUT2D eigenvalue weighted by molar-refractivity contribution is 5.94. The number of carbonyl (C=O) groups is 1. The fourth-order valence-electron chi connectivity index (χ4n) is 2.04. The summed E-state index contributed by atoms with van der Waals surface area (Å²) in [5, 5.41) is 30.3. The number of hydrogen-bond donors (Lipinski definition) is 4. The molecular weight excluding hydrogens is 314 g/mol. The summed E-state index contributed by atoms with van der Waals surface area (Å²) in [6, 6.07) is 11.5. The molecule has 128 valence electrons. The van der Waals surface area contributed by atoms with Crippen LogP contribution >= 0.6 is 0 Å². The fourth-order valence-corrected chi connectivity index (χ4v) is 2.04. The second-order valence-corrected chi connectivity index (χ2v) is 4.98. The van der Waals surface area contributed by atoms with Crippen molar-refractivity contribution in [3.05, 3.63) is 48.0 Å². The van der Waals surface area contributed by atoms with E-state index in [9.17, 15) is 15.0 Å². The number of carboxylic acid groups (broad SMARTS) is 1. The standard InChI is InChI=1S/C17H19NO6/c1-23-15-4-2-3-5-16(15)24-12-6-7-14(13(8-12)17(21)22)18-9-11(20)10-19/h2-8,11,18-20H,9-10H2,1H3,(H,21,22). The normalized spacial score (nSPS) is 11.6. The van der Waals surface area contributed by atoms with Crippen LogP contribution in [0.5, 0.6) is 17.2 Å². The van der Waals surface area contributed by atoms with Crippen molar-refractivity contribution >= 4 is 11.7 Å². The Bertz CT molecular complexity index is 703. The number of carboxylic acids is 1. The van der Waals surface area contributed by atoms with Crippen molar-refractivity contribution in [3.8, 4) is 17.2 Å². The van der Waals surface area contributed by atoms with Crippen molar-refractivity contribution in [2.24, 2.45) is 0 Å². The second-order valence-electron chi connectivity index (χ2n) is 4.98. The van der Waals surface area contributed by atoms with E-state index in [1.807, 2.05) is 0 Å². The Hall–Kier alpha value is -2.77. The van der Waals surface area contributed by atoms with Crippen molar-refractivity contribution in [1.82, 2.24) is 0 Å². The van der Waals surface area contributed by atoms with Crippen LogP contribution in [0.1, 0.15) is 10.4 Å². The third-order valence-electron chi connectivity index (χ3n) is 3.26. The molecule has 1 atom stereocenters. The number of aliphatic hydroxyl groups excluding tert-OH is 2. The van der Waals surface area contributed by atoms with Gasteiger partial charge in [0.2, 0.25) is 0 Å². The van der Waals surface area contributed by atoms with Gasteiger partial charge in [-0.1, -0.05) is 12.1 Å². The van der Waals surface area contributed by atoms with Crippen molar-refractivity contribution in [2.45, 2.75) is 6.10 Å². The molecule has 0 amide bonds. The summed E-state index contributed by atoms with van der Waals surface area (Å²) in [4.78, 5) is 11.4. The molecule has 1 unspecified atom stereocenters. The molecule has 0 saturated heterocycles. The molecule has 2 rings (SSSR count). The van der Waals surface area contributed by atoms with Gasteiger partial charge in [0.25, 0.3) is 0 Å². The summed E-state index contributed by atoms with van der Waals surface area (Å²) in [6.45, 7) is -0.381. The third-order valence-corrected chi connectivity index (χ3v) is 3.26. The van der Waals surface area contributed by atoms with Crippen LogP contribution < -0.4 is 14.8 Å². The van der Waals surface area contributed by atoms with Crippen LogP contribution in [0.4, 0.5) is 5.69 Å². The maximum atomic E-state index is 11.4. The van der Waals surface area contributed by atoms with Crippen LogP contribution in [0.25, 0.3) is 0 Å². The number of methoxy groups -OCH3 is 1. The Morgan fingerprint density at radius 3 is 2.54 bits per heavy atom. The van der Waals surface area contributed by atoms with Gasteiger partial charge in [-0.3, -0.25) is 0 Å². The summed E-state index contributed by atoms with van der Waals surface area (Å²) in [6.07, 6.45) is -0.976. The van der Waals surface area contributed by atoms with E-state index in [2.05, 4.69) is 5.32 Å². The number of anilines is 1. The fraction of sp³-hybridized carbons (Fsp3) is 0.235. The molecule has 7 nitrogen and oxygen atoms in total. The predicted molar refractivity (Wildman–Crippen MR) is 88.1 cm³/mol. The zero-order valence-electron chi connectivity index (χ0n) is 13.1. The number of aliphatic hydroxyl groups is 2. The number of ether oxygens (including phenoxy) is 2. The first-order valence-corrected chi connectivity index (χ1v) is 7.26. The molecule has 0 aromatic heterocycles. The smallest absolute Gasteiger partial charge is 0.337 e. The van der Waals surface area contributed by atoms with Crippen LogP contribution in [0.3, 0.4) is 0 Å². The van der Waals surface area contributed by atoms with Gasteiger partial charge in [-0.15, -0.1) is 0 Å². The lowest BCUT2D eigenvalue weighted by Crippen LogP contribution is -2.23. The van der Waals surface area contributed by atoms with Crippen molar-refractivity contribution in [2.75, 3.05) is 25.6 Å². The maximum Gasteiger partial charge on any atom is 0.337 e. The minimum absolute atomic E-state index is 0.00691. The molecule has 4 N–H and O–H groups in total. The van der Waals surface area contributed by atoms with E-state index in [1.165, 1.54) is 19.2 Å². The van der Waals surface area contributed by atoms with Crippen molar-refractivity contribution in [1.29, 1.82) is 0 Å². The minimum Gasteiger partial charge on any atom is -0.493 e. The van der Waals surface area contributed by atoms with E-state index >= 15 is 0 Å². The summed E-state index contributed by atoms with van der Waals surface area (Å²) >= 11 is 0. The highest BCUT2D eigenvalue weighted by atomic mass is 16.5. The zero-order valence-corrected chi connectivity index (χ0v) is 13.1. The van der Waals surface area contributed by atoms with E-state index in [-0.39, 0.29) is 12.1 Å². The van der Waals surface area contributed by atoms with Gasteiger partial charge in [-0.25, -0.2) is 4.79 Å². The van der Waals surface area contributed by atoms with E-state index in [0.29, 0.717) is 22.9 Å². The molecule has 0 aliphatic heterocycles. The molecule has 0 heterocycles. The van der Waals surface area contributed by atoms with Crippen LogP contribution in [-0.2, 0) is 0 Å². The van der Waals surface area contributed by atoms with E-state index in [1.54, 1.807) is 30.3 Å². The topological polar surface area (TPSA) is 108 Å². The van der Waals surface area contributed by atoms with Crippen molar-refractivity contribution < 1.29 is 29.6 Å². The van der Waals surface area contributed by atoms with E-state index < -0.39 is 18.7 Å². The molecule has 7 heteroatoms. The lowest BCUT2D eigenvalue weighted by Gasteiger charge is -2.14. The molecule has 0 radical (unpaired) electrons. The first kappa shape index (κ1) is 17.6. The van der Waals surface area contributed by atoms with Gasteiger partial charge in [0.05, 0.1) is 25.4 Å². The van der Waals surface area contributed by atoms with Crippen molar-refractivity contribution in [3.63, 3.8) is 0 Å². The molecule has 24 heavy (non-hydrogen) atoms. The van der Waals surface area contributed by atoms with Crippen LogP contribution in [0.15, 0.2) is 42.5 Å². The molecule has 2 aromatic carbocycles. The quantitative estimate of drug-likeness (QED) is 0.585. The van der Waals surface area contributed by atoms with Gasteiger partial charge in [-0.2, -0.15) is 0 Å². The van der Waals surface area contributed by atoms with Gasteiger partial charge in [0, 0.05) is 12.2 Å². The Kier molecular flexibility index (Phi) is 6.00. The lowest BCUT2D eigenvalue weighted by molar-refractivity contribution is 0.0697. The summed E-state index contributed by atoms with van der Waals surface area (Å²) in [7, 11) is 1.52. The molecule has 2 aromatic rings. The number of rotatable bonds is 8. The van der Waals surface area contributed by atoms with Gasteiger partial charge < -0.3 is 30.1 Å². The SMILES string of the molecule is COc1ccccc1Oc1ccc(NCC(O)CO)c(C(=O)O)c1. The number of aromatic carboxylic acids is 1. The Balaban J connectivity index is 2.23. The zero-order chi connectivity index (χ0) is 17.5. The average molecular weight is 333 g/mol. The van der Waals surface area contributed by atoms with Crippen LogP contribution in [0.2, 0.25) is 0 Å². The molecule has 0 saturated carbocycles. The predicted octanol–water partition coefficient (Wildman–Crippen LogP) is 1.95.